The number of aliphatic hydroxyl groups is 2. The molecule has 1 amide bonds. The maximum atomic E-state index is 14.1. The van der Waals surface area contributed by atoms with Crippen molar-refractivity contribution in [3.8, 4) is 0 Å². The molecular formula is C32H49N3O5S. The van der Waals surface area contributed by atoms with Gasteiger partial charge in [0, 0.05) is 37.6 Å². The summed E-state index contributed by atoms with van der Waals surface area (Å²) in [6.07, 6.45) is 7.52. The summed E-state index contributed by atoms with van der Waals surface area (Å²) in [4.78, 5) is 15.6. The van der Waals surface area contributed by atoms with Gasteiger partial charge >= 0.3 is 0 Å². The van der Waals surface area contributed by atoms with Crippen molar-refractivity contribution in [2.45, 2.75) is 89.2 Å². The number of aryl methyl sites for hydroxylation is 1. The van der Waals surface area contributed by atoms with Gasteiger partial charge in [-0.05, 0) is 92.2 Å². The van der Waals surface area contributed by atoms with Crippen LogP contribution in [0.25, 0.3) is 0 Å². The predicted molar refractivity (Wildman–Crippen MR) is 159 cm³/mol. The zero-order valence-electron chi connectivity index (χ0n) is 24.9. The van der Waals surface area contributed by atoms with E-state index in [4.69, 9.17) is 0 Å². The number of carbonyl (C=O) groups is 1. The molecule has 1 aromatic rings. The van der Waals surface area contributed by atoms with Crippen LogP contribution in [0, 0.1) is 22.7 Å². The van der Waals surface area contributed by atoms with Gasteiger partial charge in [-0.3, -0.25) is 9.69 Å². The SMILES string of the molecule is CC1(C)C2CCC1(CS(=O)(=O)N1CCC3(CCc4ccccc43)CC1)C(NC(=O)[C@@H]1CCCN(C[C@H](O)CO)C1)C2. The van der Waals surface area contributed by atoms with Crippen molar-refractivity contribution in [2.24, 2.45) is 22.7 Å². The van der Waals surface area contributed by atoms with Crippen molar-refractivity contribution >= 4 is 15.9 Å². The number of fused-ring (bicyclic) bond motifs is 4. The number of nitrogens with zero attached hydrogens (tertiary/aromatic N) is 2. The molecule has 5 atom stereocenters. The summed E-state index contributed by atoms with van der Waals surface area (Å²) in [5, 5.41) is 22.5. The molecule has 2 saturated heterocycles. The molecule has 2 saturated carbocycles. The van der Waals surface area contributed by atoms with E-state index in [0.29, 0.717) is 32.1 Å². The average molecular weight is 588 g/mol. The molecule has 228 valence electrons. The molecule has 3 N–H and O–H groups in total. The van der Waals surface area contributed by atoms with Crippen LogP contribution in [-0.4, -0.2) is 91.0 Å². The lowest BCUT2D eigenvalue weighted by molar-refractivity contribution is -0.128. The highest BCUT2D eigenvalue weighted by atomic mass is 32.2. The Balaban J connectivity index is 1.14. The Morgan fingerprint density at radius 3 is 2.59 bits per heavy atom. The minimum atomic E-state index is -3.50. The van der Waals surface area contributed by atoms with Gasteiger partial charge in [-0.1, -0.05) is 38.1 Å². The number of nitrogens with one attached hydrogen (secondary N) is 1. The molecule has 4 fully saturated rings. The van der Waals surface area contributed by atoms with Crippen LogP contribution in [0.3, 0.4) is 0 Å². The van der Waals surface area contributed by atoms with E-state index < -0.39 is 21.5 Å². The Bertz CT molecular complexity index is 1240. The van der Waals surface area contributed by atoms with Gasteiger partial charge < -0.3 is 15.5 Å². The Kier molecular flexibility index (Phi) is 7.84. The molecule has 2 aliphatic heterocycles. The number of rotatable bonds is 8. The summed E-state index contributed by atoms with van der Waals surface area (Å²) >= 11 is 0. The lowest BCUT2D eigenvalue weighted by Crippen LogP contribution is -2.56. The molecule has 8 nitrogen and oxygen atoms in total. The molecule has 2 heterocycles. The smallest absolute Gasteiger partial charge is 0.224 e. The summed E-state index contributed by atoms with van der Waals surface area (Å²) in [7, 11) is -3.50. The molecule has 1 spiro atoms. The topological polar surface area (TPSA) is 110 Å². The standard InChI is InChI=1S/C32H49N3O5S/c1-30(2)25-10-12-32(30,28(18-25)33-29(38)24-7-5-15-34(19-24)20-26(37)21-36)22-41(39,40)35-16-13-31(14-17-35)11-9-23-6-3-4-8-27(23)31/h3-4,6,8,24-26,28,36-37H,5,7,9-22H2,1-2H3,(H,33,38)/t24-,25?,26+,28?,32?/m1/s1. The highest BCUT2D eigenvalue weighted by molar-refractivity contribution is 7.89. The molecule has 5 aliphatic rings. The Morgan fingerprint density at radius 2 is 1.85 bits per heavy atom. The van der Waals surface area contributed by atoms with Gasteiger partial charge in [0.2, 0.25) is 15.9 Å². The maximum Gasteiger partial charge on any atom is 0.224 e. The molecular weight excluding hydrogens is 538 g/mol. The molecule has 0 aromatic heterocycles. The first-order valence-electron chi connectivity index (χ1n) is 15.9. The third-order valence-corrected chi connectivity index (χ3v) is 14.3. The quantitative estimate of drug-likeness (QED) is 0.432. The first-order chi connectivity index (χ1) is 19.5. The van der Waals surface area contributed by atoms with Crippen molar-refractivity contribution in [3.63, 3.8) is 0 Å². The highest BCUT2D eigenvalue weighted by Crippen LogP contribution is 2.66. The van der Waals surface area contributed by atoms with Crippen LogP contribution in [0.5, 0.6) is 0 Å². The number of hydrogen-bond acceptors (Lipinski definition) is 6. The first-order valence-corrected chi connectivity index (χ1v) is 17.5. The van der Waals surface area contributed by atoms with Crippen LogP contribution in [0.15, 0.2) is 24.3 Å². The maximum absolute atomic E-state index is 14.1. The number of carbonyl (C=O) groups excluding carboxylic acids is 1. The second-order valence-corrected chi connectivity index (χ2v) is 16.4. The van der Waals surface area contributed by atoms with Crippen LogP contribution in [0.2, 0.25) is 0 Å². The molecule has 0 radical (unpaired) electrons. The van der Waals surface area contributed by atoms with Crippen molar-refractivity contribution in [2.75, 3.05) is 45.1 Å². The second-order valence-electron chi connectivity index (χ2n) is 14.4. The Morgan fingerprint density at radius 1 is 1.10 bits per heavy atom. The van der Waals surface area contributed by atoms with Crippen LogP contribution in [0.1, 0.15) is 76.3 Å². The van der Waals surface area contributed by atoms with Crippen molar-refractivity contribution in [3.05, 3.63) is 35.4 Å². The number of sulfonamides is 1. The first kappa shape index (κ1) is 29.5. The van der Waals surface area contributed by atoms with Crippen molar-refractivity contribution in [1.29, 1.82) is 0 Å². The van der Waals surface area contributed by atoms with Gasteiger partial charge in [0.05, 0.1) is 24.4 Å². The van der Waals surface area contributed by atoms with E-state index in [0.717, 1.165) is 64.3 Å². The molecule has 2 bridgehead atoms. The van der Waals surface area contributed by atoms with Gasteiger partial charge in [0.15, 0.2) is 0 Å². The fraction of sp³-hybridized carbons (Fsp3) is 0.781. The molecule has 1 aromatic carbocycles. The van der Waals surface area contributed by atoms with Crippen LogP contribution >= 0.6 is 0 Å². The largest absolute Gasteiger partial charge is 0.394 e. The minimum absolute atomic E-state index is 0.0122. The second kappa shape index (κ2) is 10.9. The molecule has 3 aliphatic carbocycles. The number of hydrogen-bond donors (Lipinski definition) is 3. The van der Waals surface area contributed by atoms with Gasteiger partial charge in [0.25, 0.3) is 0 Å². The molecule has 6 rings (SSSR count). The van der Waals surface area contributed by atoms with E-state index in [9.17, 15) is 23.4 Å². The van der Waals surface area contributed by atoms with E-state index in [1.165, 1.54) is 11.1 Å². The molecule has 3 unspecified atom stereocenters. The zero-order chi connectivity index (χ0) is 29.0. The third kappa shape index (κ3) is 5.07. The Labute approximate surface area is 245 Å². The summed E-state index contributed by atoms with van der Waals surface area (Å²) in [5.74, 6) is 0.346. The Hall–Kier alpha value is -1.52. The van der Waals surface area contributed by atoms with Crippen LogP contribution in [0.4, 0.5) is 0 Å². The summed E-state index contributed by atoms with van der Waals surface area (Å²) < 4.78 is 30.0. The molecule has 9 heteroatoms. The highest BCUT2D eigenvalue weighted by Gasteiger charge is 2.66. The van der Waals surface area contributed by atoms with Gasteiger partial charge in [-0.15, -0.1) is 0 Å². The number of aliphatic hydroxyl groups excluding tert-OH is 2. The number of piperidine rings is 2. The minimum Gasteiger partial charge on any atom is -0.394 e. The number of benzene rings is 1. The lowest BCUT2D eigenvalue weighted by Gasteiger charge is -2.45. The van der Waals surface area contributed by atoms with Crippen LogP contribution < -0.4 is 5.32 Å². The average Bonchev–Trinajstić information content (AvgIpc) is 3.49. The molecule has 41 heavy (non-hydrogen) atoms. The normalized spacial score (nSPS) is 33.6. The fourth-order valence-corrected chi connectivity index (χ4v) is 11.9. The third-order valence-electron chi connectivity index (χ3n) is 12.3. The van der Waals surface area contributed by atoms with E-state index in [-0.39, 0.29) is 41.1 Å². The van der Waals surface area contributed by atoms with E-state index in [1.54, 1.807) is 4.31 Å². The van der Waals surface area contributed by atoms with Crippen molar-refractivity contribution < 1.29 is 23.4 Å². The monoisotopic (exact) mass is 587 g/mol. The van der Waals surface area contributed by atoms with Gasteiger partial charge in [-0.2, -0.15) is 0 Å². The lowest BCUT2D eigenvalue weighted by atomic mass is 9.69. The number of likely N-dealkylation sites (tertiary alicyclic amines) is 1. The zero-order valence-corrected chi connectivity index (χ0v) is 25.7. The van der Waals surface area contributed by atoms with E-state index >= 15 is 0 Å². The predicted octanol–water partition coefficient (Wildman–Crippen LogP) is 2.67. The summed E-state index contributed by atoms with van der Waals surface area (Å²) in [6.45, 7) is 7.06. The number of amides is 1. The summed E-state index contributed by atoms with van der Waals surface area (Å²) in [6, 6.07) is 8.55. The van der Waals surface area contributed by atoms with Gasteiger partial charge in [0.1, 0.15) is 0 Å². The number of β-amino-alcohol motifs (C(OH)–C–C–N with tert-alkyl or cyclic N) is 1. The summed E-state index contributed by atoms with van der Waals surface area (Å²) in [5.41, 5.74) is 2.34. The van der Waals surface area contributed by atoms with Crippen molar-refractivity contribution in [1.82, 2.24) is 14.5 Å². The van der Waals surface area contributed by atoms with Gasteiger partial charge in [-0.25, -0.2) is 12.7 Å². The van der Waals surface area contributed by atoms with Crippen LogP contribution in [-0.2, 0) is 26.7 Å². The van der Waals surface area contributed by atoms with E-state index in [2.05, 4.69) is 48.3 Å². The fourth-order valence-electron chi connectivity index (χ4n) is 9.60. The van der Waals surface area contributed by atoms with E-state index in [1.807, 2.05) is 0 Å².